The van der Waals surface area contributed by atoms with Crippen molar-refractivity contribution in [1.82, 2.24) is 0 Å². The van der Waals surface area contributed by atoms with Gasteiger partial charge in [0.05, 0.1) is 6.10 Å². The molecular weight excluding hydrogens is 164 g/mol. The molecular formula is C8H17ClO2. The van der Waals surface area contributed by atoms with Gasteiger partial charge in [0.25, 0.3) is 0 Å². The maximum Gasteiger partial charge on any atom is 0.155 e. The van der Waals surface area contributed by atoms with Crippen molar-refractivity contribution < 1.29 is 9.47 Å². The Morgan fingerprint density at radius 2 is 2.00 bits per heavy atom. The highest BCUT2D eigenvalue weighted by Gasteiger charge is 2.09. The molecule has 0 aromatic rings. The summed E-state index contributed by atoms with van der Waals surface area (Å²) in [7, 11) is 0. The SMILES string of the molecule is CCOC(C)O[C@@H](CC)CCl. The Morgan fingerprint density at radius 1 is 1.36 bits per heavy atom. The van der Waals surface area contributed by atoms with Crippen LogP contribution in [0.4, 0.5) is 0 Å². The van der Waals surface area contributed by atoms with Crippen molar-refractivity contribution in [3.05, 3.63) is 0 Å². The van der Waals surface area contributed by atoms with Crippen LogP contribution in [0.3, 0.4) is 0 Å². The van der Waals surface area contributed by atoms with E-state index in [9.17, 15) is 0 Å². The Kier molecular flexibility index (Phi) is 7.02. The van der Waals surface area contributed by atoms with Gasteiger partial charge in [-0.05, 0) is 20.3 Å². The van der Waals surface area contributed by atoms with Gasteiger partial charge >= 0.3 is 0 Å². The highest BCUT2D eigenvalue weighted by atomic mass is 35.5. The van der Waals surface area contributed by atoms with Crippen LogP contribution in [0.2, 0.25) is 0 Å². The van der Waals surface area contributed by atoms with Crippen molar-refractivity contribution >= 4 is 11.6 Å². The number of alkyl halides is 1. The van der Waals surface area contributed by atoms with Gasteiger partial charge in [-0.25, -0.2) is 0 Å². The van der Waals surface area contributed by atoms with Crippen molar-refractivity contribution in [1.29, 1.82) is 0 Å². The first-order valence-electron chi connectivity index (χ1n) is 4.07. The summed E-state index contributed by atoms with van der Waals surface area (Å²) >= 11 is 5.63. The van der Waals surface area contributed by atoms with Gasteiger partial charge < -0.3 is 9.47 Å². The Morgan fingerprint density at radius 3 is 2.36 bits per heavy atom. The van der Waals surface area contributed by atoms with Crippen molar-refractivity contribution in [2.24, 2.45) is 0 Å². The number of rotatable bonds is 6. The van der Waals surface area contributed by atoms with Crippen LogP contribution in [0.1, 0.15) is 27.2 Å². The number of ether oxygens (including phenoxy) is 2. The molecule has 11 heavy (non-hydrogen) atoms. The first-order chi connectivity index (χ1) is 5.24. The van der Waals surface area contributed by atoms with E-state index in [0.29, 0.717) is 12.5 Å². The first kappa shape index (κ1) is 11.2. The highest BCUT2D eigenvalue weighted by Crippen LogP contribution is 2.05. The zero-order valence-corrected chi connectivity index (χ0v) is 8.23. The molecule has 0 fully saturated rings. The third-order valence-corrected chi connectivity index (χ3v) is 1.76. The fraction of sp³-hybridized carbons (Fsp3) is 1.00. The molecule has 2 atom stereocenters. The summed E-state index contributed by atoms with van der Waals surface area (Å²) < 4.78 is 10.6. The smallest absolute Gasteiger partial charge is 0.155 e. The minimum absolute atomic E-state index is 0.123. The van der Waals surface area contributed by atoms with E-state index in [-0.39, 0.29) is 12.4 Å². The summed E-state index contributed by atoms with van der Waals surface area (Å²) in [4.78, 5) is 0. The lowest BCUT2D eigenvalue weighted by Crippen LogP contribution is -2.22. The maximum atomic E-state index is 5.63. The Labute approximate surface area is 73.8 Å². The van der Waals surface area contributed by atoms with Gasteiger partial charge in [-0.2, -0.15) is 0 Å². The van der Waals surface area contributed by atoms with E-state index in [0.717, 1.165) is 6.42 Å². The minimum Gasteiger partial charge on any atom is -0.353 e. The fourth-order valence-corrected chi connectivity index (χ4v) is 1.08. The minimum atomic E-state index is -0.135. The van der Waals surface area contributed by atoms with Crippen LogP contribution in [0.15, 0.2) is 0 Å². The van der Waals surface area contributed by atoms with Crippen LogP contribution in [0, 0.1) is 0 Å². The molecule has 1 unspecified atom stereocenters. The second-order valence-corrected chi connectivity index (χ2v) is 2.65. The van der Waals surface area contributed by atoms with Gasteiger partial charge in [-0.3, -0.25) is 0 Å². The quantitative estimate of drug-likeness (QED) is 0.462. The van der Waals surface area contributed by atoms with Crippen molar-refractivity contribution in [2.75, 3.05) is 12.5 Å². The van der Waals surface area contributed by atoms with Crippen molar-refractivity contribution in [3.63, 3.8) is 0 Å². The molecule has 0 amide bonds. The van der Waals surface area contributed by atoms with E-state index < -0.39 is 0 Å². The standard InChI is InChI=1S/C8H17ClO2/c1-4-8(6-9)11-7(3)10-5-2/h7-8H,4-6H2,1-3H3/t7?,8-/m0/s1. The summed E-state index contributed by atoms with van der Waals surface area (Å²) in [5, 5.41) is 0. The number of hydrogen-bond donors (Lipinski definition) is 0. The van der Waals surface area contributed by atoms with Gasteiger partial charge in [0.2, 0.25) is 0 Å². The normalized spacial score (nSPS) is 16.4. The fourth-order valence-electron chi connectivity index (χ4n) is 0.787. The van der Waals surface area contributed by atoms with Gasteiger partial charge in [0.1, 0.15) is 0 Å². The topological polar surface area (TPSA) is 18.5 Å². The predicted molar refractivity (Wildman–Crippen MR) is 47.0 cm³/mol. The van der Waals surface area contributed by atoms with Crippen LogP contribution >= 0.6 is 11.6 Å². The second-order valence-electron chi connectivity index (χ2n) is 2.34. The van der Waals surface area contributed by atoms with Crippen LogP contribution in [0.5, 0.6) is 0 Å². The average molecular weight is 181 g/mol. The molecule has 0 aliphatic carbocycles. The summed E-state index contributed by atoms with van der Waals surface area (Å²) in [5.41, 5.74) is 0. The van der Waals surface area contributed by atoms with Gasteiger partial charge in [0.15, 0.2) is 6.29 Å². The molecule has 0 aliphatic heterocycles. The molecule has 0 aromatic heterocycles. The molecule has 0 saturated carbocycles. The van der Waals surface area contributed by atoms with Crippen LogP contribution in [-0.2, 0) is 9.47 Å². The van der Waals surface area contributed by atoms with Gasteiger partial charge in [0, 0.05) is 12.5 Å². The molecule has 0 aliphatic rings. The Hall–Kier alpha value is 0.210. The van der Waals surface area contributed by atoms with Crippen LogP contribution in [-0.4, -0.2) is 24.9 Å². The second kappa shape index (κ2) is 6.89. The van der Waals surface area contributed by atoms with E-state index in [1.807, 2.05) is 20.8 Å². The van der Waals surface area contributed by atoms with E-state index >= 15 is 0 Å². The molecule has 0 spiro atoms. The monoisotopic (exact) mass is 180 g/mol. The summed E-state index contributed by atoms with van der Waals surface area (Å²) in [6.45, 7) is 6.56. The molecule has 0 N–H and O–H groups in total. The molecule has 0 heterocycles. The Bertz CT molecular complexity index is 84.2. The van der Waals surface area contributed by atoms with Crippen molar-refractivity contribution in [2.45, 2.75) is 39.6 Å². The molecule has 0 aromatic carbocycles. The molecule has 2 nitrogen and oxygen atoms in total. The summed E-state index contributed by atoms with van der Waals surface area (Å²) in [6.07, 6.45) is 0.919. The molecule has 0 rings (SSSR count). The van der Waals surface area contributed by atoms with E-state index in [2.05, 4.69) is 0 Å². The van der Waals surface area contributed by atoms with Crippen LogP contribution in [0.25, 0.3) is 0 Å². The van der Waals surface area contributed by atoms with Gasteiger partial charge in [-0.1, -0.05) is 6.92 Å². The highest BCUT2D eigenvalue weighted by molar-refractivity contribution is 6.18. The maximum absolute atomic E-state index is 5.63. The Balaban J connectivity index is 3.44. The molecule has 68 valence electrons. The predicted octanol–water partition coefficient (Wildman–Crippen LogP) is 2.40. The summed E-state index contributed by atoms with van der Waals surface area (Å²) in [6, 6.07) is 0. The lowest BCUT2D eigenvalue weighted by atomic mass is 10.3. The molecule has 0 saturated heterocycles. The third-order valence-electron chi connectivity index (χ3n) is 1.41. The lowest BCUT2D eigenvalue weighted by Gasteiger charge is -2.18. The zero-order valence-electron chi connectivity index (χ0n) is 7.47. The third kappa shape index (κ3) is 5.48. The van der Waals surface area contributed by atoms with E-state index in [1.165, 1.54) is 0 Å². The van der Waals surface area contributed by atoms with E-state index in [4.69, 9.17) is 21.1 Å². The zero-order chi connectivity index (χ0) is 8.69. The average Bonchev–Trinajstić information content (AvgIpc) is 2.01. The molecule has 3 heteroatoms. The van der Waals surface area contributed by atoms with Crippen LogP contribution < -0.4 is 0 Å². The number of hydrogen-bond acceptors (Lipinski definition) is 2. The van der Waals surface area contributed by atoms with Gasteiger partial charge in [-0.15, -0.1) is 11.6 Å². The molecule has 0 bridgehead atoms. The van der Waals surface area contributed by atoms with E-state index in [1.54, 1.807) is 0 Å². The van der Waals surface area contributed by atoms with Crippen molar-refractivity contribution in [3.8, 4) is 0 Å². The largest absolute Gasteiger partial charge is 0.353 e. The first-order valence-corrected chi connectivity index (χ1v) is 4.61. The lowest BCUT2D eigenvalue weighted by molar-refractivity contribution is -0.152. The molecule has 0 radical (unpaired) electrons. The summed E-state index contributed by atoms with van der Waals surface area (Å²) in [5.74, 6) is 0.536. The number of halogens is 1.